The molecule has 0 radical (unpaired) electrons. The number of nitro benzene ring substituents is 1. The molecule has 6 nitrogen and oxygen atoms in total. The molecule has 1 aromatic carbocycles. The normalized spacial score (nSPS) is 10.2. The highest BCUT2D eigenvalue weighted by Crippen LogP contribution is 2.35. The Morgan fingerprint density at radius 1 is 1.40 bits per heavy atom. The second kappa shape index (κ2) is 5.70. The zero-order valence-electron chi connectivity index (χ0n) is 10.7. The minimum absolute atomic E-state index is 0.00954. The predicted molar refractivity (Wildman–Crippen MR) is 77.2 cm³/mol. The summed E-state index contributed by atoms with van der Waals surface area (Å²) >= 11 is 1.14. The number of nitrogens with zero attached hydrogens (tertiary/aromatic N) is 2. The molecule has 20 heavy (non-hydrogen) atoms. The molecule has 2 rings (SSSR count). The lowest BCUT2D eigenvalue weighted by molar-refractivity contribution is -0.387. The fourth-order valence-corrected chi connectivity index (χ4v) is 2.83. The molecule has 2 aromatic rings. The van der Waals surface area contributed by atoms with E-state index in [0.29, 0.717) is 15.5 Å². The number of hydrogen-bond donors (Lipinski definition) is 2. The minimum atomic E-state index is -0.439. The van der Waals surface area contributed by atoms with Crippen molar-refractivity contribution in [3.05, 3.63) is 57.8 Å². The lowest BCUT2D eigenvalue weighted by atomic mass is 10.1. The van der Waals surface area contributed by atoms with E-state index in [-0.39, 0.29) is 11.5 Å². The van der Waals surface area contributed by atoms with Gasteiger partial charge in [0.15, 0.2) is 0 Å². The molecule has 1 aromatic heterocycles. The second-order valence-electron chi connectivity index (χ2n) is 4.05. The second-order valence-corrected chi connectivity index (χ2v) is 5.08. The number of rotatable bonds is 4. The fourth-order valence-electron chi connectivity index (χ4n) is 1.74. The van der Waals surface area contributed by atoms with E-state index in [4.69, 9.17) is 11.1 Å². The molecule has 0 spiro atoms. The van der Waals surface area contributed by atoms with Crippen molar-refractivity contribution in [1.29, 1.82) is 5.41 Å². The van der Waals surface area contributed by atoms with Crippen molar-refractivity contribution >= 4 is 23.3 Å². The summed E-state index contributed by atoms with van der Waals surface area (Å²) in [7, 11) is 0. The van der Waals surface area contributed by atoms with E-state index in [1.165, 1.54) is 6.07 Å². The molecule has 3 N–H and O–H groups in total. The first-order valence-electron chi connectivity index (χ1n) is 5.72. The molecule has 0 aliphatic heterocycles. The van der Waals surface area contributed by atoms with Crippen LogP contribution in [0.2, 0.25) is 0 Å². The molecule has 1 heterocycles. The molecule has 7 heteroatoms. The Morgan fingerprint density at radius 3 is 2.75 bits per heavy atom. The number of aryl methyl sites for hydroxylation is 1. The van der Waals surface area contributed by atoms with Gasteiger partial charge in [-0.15, -0.1) is 0 Å². The van der Waals surface area contributed by atoms with Crippen LogP contribution in [0.1, 0.15) is 11.1 Å². The summed E-state index contributed by atoms with van der Waals surface area (Å²) in [5, 5.41) is 19.1. The number of hydrogen-bond acceptors (Lipinski definition) is 5. The molecule has 0 bridgehead atoms. The third-order valence-corrected chi connectivity index (χ3v) is 3.73. The van der Waals surface area contributed by atoms with Gasteiger partial charge in [-0.1, -0.05) is 23.9 Å². The lowest BCUT2D eigenvalue weighted by Gasteiger charge is -2.09. The van der Waals surface area contributed by atoms with Crippen LogP contribution in [0.25, 0.3) is 0 Å². The highest BCUT2D eigenvalue weighted by Gasteiger charge is 2.17. The summed E-state index contributed by atoms with van der Waals surface area (Å²) in [6.45, 7) is 1.82. The van der Waals surface area contributed by atoms with Crippen LogP contribution < -0.4 is 5.73 Å². The first-order valence-corrected chi connectivity index (χ1v) is 6.53. The first kappa shape index (κ1) is 14.0. The summed E-state index contributed by atoms with van der Waals surface area (Å²) in [5.41, 5.74) is 6.90. The Labute approximate surface area is 119 Å². The maximum Gasteiger partial charge on any atom is 0.283 e. The van der Waals surface area contributed by atoms with Gasteiger partial charge < -0.3 is 5.73 Å². The van der Waals surface area contributed by atoms with Gasteiger partial charge >= 0.3 is 0 Å². The zero-order valence-corrected chi connectivity index (χ0v) is 11.5. The van der Waals surface area contributed by atoms with Crippen LogP contribution in [0.15, 0.2) is 46.5 Å². The van der Waals surface area contributed by atoms with Crippen LogP contribution in [0.3, 0.4) is 0 Å². The van der Waals surface area contributed by atoms with Crippen molar-refractivity contribution in [3.8, 4) is 0 Å². The van der Waals surface area contributed by atoms with Gasteiger partial charge in [0.05, 0.1) is 15.4 Å². The van der Waals surface area contributed by atoms with Crippen LogP contribution in [-0.4, -0.2) is 15.7 Å². The Bertz CT molecular complexity index is 688. The molecule has 0 amide bonds. The monoisotopic (exact) mass is 288 g/mol. The Morgan fingerprint density at radius 2 is 2.10 bits per heavy atom. The van der Waals surface area contributed by atoms with Crippen molar-refractivity contribution in [2.24, 2.45) is 5.73 Å². The largest absolute Gasteiger partial charge is 0.384 e. The van der Waals surface area contributed by atoms with Gasteiger partial charge in [-0.2, -0.15) is 0 Å². The average molecular weight is 288 g/mol. The van der Waals surface area contributed by atoms with E-state index < -0.39 is 4.92 Å². The number of pyridine rings is 1. The van der Waals surface area contributed by atoms with Gasteiger partial charge in [0.1, 0.15) is 10.9 Å². The molecular formula is C13H12N4O2S. The van der Waals surface area contributed by atoms with Gasteiger partial charge in [0.25, 0.3) is 5.69 Å². The highest BCUT2D eigenvalue weighted by molar-refractivity contribution is 7.99. The Balaban J connectivity index is 2.49. The quantitative estimate of drug-likeness (QED) is 0.389. The minimum Gasteiger partial charge on any atom is -0.384 e. The third-order valence-electron chi connectivity index (χ3n) is 2.66. The number of benzene rings is 1. The lowest BCUT2D eigenvalue weighted by Crippen LogP contribution is -2.14. The number of nitrogens with two attached hydrogens (primary N) is 1. The number of nitro groups is 1. The van der Waals surface area contributed by atoms with E-state index in [0.717, 1.165) is 17.3 Å². The molecule has 0 fully saturated rings. The summed E-state index contributed by atoms with van der Waals surface area (Å²) in [4.78, 5) is 15.2. The maximum atomic E-state index is 11.0. The number of amidine groups is 1. The predicted octanol–water partition coefficient (Wildman–Crippen LogP) is 2.73. The molecule has 0 saturated carbocycles. The van der Waals surface area contributed by atoms with Gasteiger partial charge in [-0.3, -0.25) is 15.5 Å². The summed E-state index contributed by atoms with van der Waals surface area (Å²) in [6.07, 6.45) is 1.60. The number of aromatic nitrogens is 1. The smallest absolute Gasteiger partial charge is 0.283 e. The average Bonchev–Trinajstić information content (AvgIpc) is 2.38. The van der Waals surface area contributed by atoms with Crippen LogP contribution in [0.5, 0.6) is 0 Å². The maximum absolute atomic E-state index is 11.0. The van der Waals surface area contributed by atoms with E-state index in [9.17, 15) is 10.1 Å². The Hall–Kier alpha value is -2.41. The highest BCUT2D eigenvalue weighted by atomic mass is 32.2. The molecule has 0 aliphatic carbocycles. The van der Waals surface area contributed by atoms with Crippen molar-refractivity contribution in [1.82, 2.24) is 4.98 Å². The summed E-state index contributed by atoms with van der Waals surface area (Å²) in [5.74, 6) is -0.100. The molecule has 0 atom stereocenters. The van der Waals surface area contributed by atoms with Crippen LogP contribution in [-0.2, 0) is 0 Å². The van der Waals surface area contributed by atoms with Gasteiger partial charge in [0.2, 0.25) is 0 Å². The third kappa shape index (κ3) is 2.77. The van der Waals surface area contributed by atoms with Crippen LogP contribution in [0, 0.1) is 22.4 Å². The van der Waals surface area contributed by atoms with Gasteiger partial charge in [-0.25, -0.2) is 4.98 Å². The van der Waals surface area contributed by atoms with Crippen molar-refractivity contribution in [3.63, 3.8) is 0 Å². The molecule has 102 valence electrons. The van der Waals surface area contributed by atoms with Gasteiger partial charge in [-0.05, 0) is 24.6 Å². The van der Waals surface area contributed by atoms with Crippen molar-refractivity contribution in [2.45, 2.75) is 16.8 Å². The van der Waals surface area contributed by atoms with E-state index in [1.807, 2.05) is 6.92 Å². The Kier molecular flexibility index (Phi) is 3.99. The van der Waals surface area contributed by atoms with E-state index in [1.54, 1.807) is 30.5 Å². The van der Waals surface area contributed by atoms with E-state index in [2.05, 4.69) is 4.98 Å². The SMILES string of the molecule is Cc1ccnc(Sc2ccccc2[N+](=O)[O-])c1C(=N)N. The topological polar surface area (TPSA) is 106 Å². The first-order chi connectivity index (χ1) is 9.50. The number of nitrogen functional groups attached to an aromatic ring is 1. The molecule has 0 aliphatic rings. The van der Waals surface area contributed by atoms with Crippen LogP contribution >= 0.6 is 11.8 Å². The van der Waals surface area contributed by atoms with Crippen molar-refractivity contribution in [2.75, 3.05) is 0 Å². The number of nitrogens with one attached hydrogen (secondary N) is 1. The molecule has 0 unspecified atom stereocenters. The van der Waals surface area contributed by atoms with Gasteiger partial charge in [0, 0.05) is 12.3 Å². The summed E-state index contributed by atoms with van der Waals surface area (Å²) < 4.78 is 0. The van der Waals surface area contributed by atoms with E-state index >= 15 is 0 Å². The van der Waals surface area contributed by atoms with Crippen LogP contribution in [0.4, 0.5) is 5.69 Å². The molecular weight excluding hydrogens is 276 g/mol. The summed E-state index contributed by atoms with van der Waals surface area (Å²) in [6, 6.07) is 8.17. The number of para-hydroxylation sites is 1. The zero-order chi connectivity index (χ0) is 14.7. The van der Waals surface area contributed by atoms with Crippen molar-refractivity contribution < 1.29 is 4.92 Å². The molecule has 0 saturated heterocycles. The standard InChI is InChI=1S/C13H12N4O2S/c1-8-6-7-16-13(11(8)12(14)15)20-10-5-3-2-4-9(10)17(18)19/h2-7H,1H3,(H3,14,15). The fraction of sp³-hybridized carbons (Fsp3) is 0.0769.